The molecule has 0 radical (unpaired) electrons. The fourth-order valence-corrected chi connectivity index (χ4v) is 3.63. The standard InChI is InChI=1S/C23H26N4O2/c1-15-4-5-18(12-16(15)2)23(28)24-19-10-11-27(14-19)22-13-21(25-26-22)17-6-8-20(29-3)9-7-17/h4-9,12-13,19H,10-11,14H2,1-3H3,(H,24,28)(H,25,26). The zero-order chi connectivity index (χ0) is 20.4. The SMILES string of the molecule is COc1ccc(-c2cc(N3CCC(NC(=O)c4ccc(C)c(C)c4)C3)n[nH]2)cc1. The summed E-state index contributed by atoms with van der Waals surface area (Å²) >= 11 is 0. The Morgan fingerprint density at radius 1 is 1.14 bits per heavy atom. The molecule has 1 atom stereocenters. The van der Waals surface area contributed by atoms with Crippen molar-refractivity contribution in [2.45, 2.75) is 26.3 Å². The Morgan fingerprint density at radius 2 is 1.93 bits per heavy atom. The number of rotatable bonds is 5. The summed E-state index contributed by atoms with van der Waals surface area (Å²) in [6.07, 6.45) is 0.904. The lowest BCUT2D eigenvalue weighted by Crippen LogP contribution is -2.37. The van der Waals surface area contributed by atoms with Crippen LogP contribution in [0.2, 0.25) is 0 Å². The van der Waals surface area contributed by atoms with E-state index >= 15 is 0 Å². The van der Waals surface area contributed by atoms with Crippen LogP contribution in [0.3, 0.4) is 0 Å². The Kier molecular flexibility index (Phi) is 5.25. The van der Waals surface area contributed by atoms with Gasteiger partial charge in [0.1, 0.15) is 5.75 Å². The fraction of sp³-hybridized carbons (Fsp3) is 0.304. The highest BCUT2D eigenvalue weighted by Gasteiger charge is 2.26. The van der Waals surface area contributed by atoms with Crippen molar-refractivity contribution in [3.05, 3.63) is 65.2 Å². The van der Waals surface area contributed by atoms with Crippen LogP contribution in [0.25, 0.3) is 11.3 Å². The van der Waals surface area contributed by atoms with Gasteiger partial charge in [0.15, 0.2) is 5.82 Å². The van der Waals surface area contributed by atoms with E-state index in [1.165, 1.54) is 5.56 Å². The minimum absolute atomic E-state index is 0.0131. The maximum absolute atomic E-state index is 12.6. The summed E-state index contributed by atoms with van der Waals surface area (Å²) in [7, 11) is 1.66. The van der Waals surface area contributed by atoms with Crippen molar-refractivity contribution in [3.63, 3.8) is 0 Å². The highest BCUT2D eigenvalue weighted by Crippen LogP contribution is 2.26. The highest BCUT2D eigenvalue weighted by atomic mass is 16.5. The van der Waals surface area contributed by atoms with Crippen LogP contribution in [-0.4, -0.2) is 42.3 Å². The number of anilines is 1. The number of aromatic nitrogens is 2. The lowest BCUT2D eigenvalue weighted by molar-refractivity contribution is 0.0940. The van der Waals surface area contributed by atoms with Crippen LogP contribution in [0.15, 0.2) is 48.5 Å². The van der Waals surface area contributed by atoms with Gasteiger partial charge in [0.2, 0.25) is 0 Å². The number of ether oxygens (including phenoxy) is 1. The smallest absolute Gasteiger partial charge is 0.251 e. The van der Waals surface area contributed by atoms with E-state index in [2.05, 4.69) is 33.4 Å². The van der Waals surface area contributed by atoms with Gasteiger partial charge in [-0.1, -0.05) is 6.07 Å². The van der Waals surface area contributed by atoms with Gasteiger partial charge in [-0.2, -0.15) is 5.10 Å². The first-order chi connectivity index (χ1) is 14.0. The zero-order valence-electron chi connectivity index (χ0n) is 17.0. The molecule has 2 aromatic carbocycles. The molecule has 150 valence electrons. The average molecular weight is 390 g/mol. The molecule has 2 heterocycles. The molecule has 0 spiro atoms. The molecule has 4 rings (SSSR count). The van der Waals surface area contributed by atoms with Crippen molar-refractivity contribution in [2.24, 2.45) is 0 Å². The summed E-state index contributed by atoms with van der Waals surface area (Å²) in [6.45, 7) is 5.70. The van der Waals surface area contributed by atoms with Crippen LogP contribution in [0.4, 0.5) is 5.82 Å². The normalized spacial score (nSPS) is 16.1. The number of nitrogens with zero attached hydrogens (tertiary/aromatic N) is 2. The molecule has 29 heavy (non-hydrogen) atoms. The lowest BCUT2D eigenvalue weighted by atomic mass is 10.1. The van der Waals surface area contributed by atoms with E-state index in [0.717, 1.165) is 47.9 Å². The summed E-state index contributed by atoms with van der Waals surface area (Å²) in [5.74, 6) is 1.72. The number of nitrogens with one attached hydrogen (secondary N) is 2. The minimum Gasteiger partial charge on any atom is -0.497 e. The van der Waals surface area contributed by atoms with Crippen molar-refractivity contribution < 1.29 is 9.53 Å². The van der Waals surface area contributed by atoms with Gasteiger partial charge in [0.25, 0.3) is 5.91 Å². The molecule has 1 aliphatic rings. The molecule has 0 aliphatic carbocycles. The number of hydrogen-bond acceptors (Lipinski definition) is 4. The third kappa shape index (κ3) is 4.11. The van der Waals surface area contributed by atoms with E-state index < -0.39 is 0 Å². The molecule has 3 aromatic rings. The van der Waals surface area contributed by atoms with Crippen molar-refractivity contribution in [1.82, 2.24) is 15.5 Å². The molecular formula is C23H26N4O2. The molecule has 6 heteroatoms. The van der Waals surface area contributed by atoms with Crippen LogP contribution in [0, 0.1) is 13.8 Å². The predicted molar refractivity (Wildman–Crippen MR) is 115 cm³/mol. The second kappa shape index (κ2) is 7.99. The molecule has 1 unspecified atom stereocenters. The minimum atomic E-state index is -0.0131. The van der Waals surface area contributed by atoms with Crippen LogP contribution >= 0.6 is 0 Å². The van der Waals surface area contributed by atoms with E-state index in [1.807, 2.05) is 49.4 Å². The molecule has 1 saturated heterocycles. The largest absolute Gasteiger partial charge is 0.497 e. The van der Waals surface area contributed by atoms with Crippen LogP contribution in [0.1, 0.15) is 27.9 Å². The molecule has 1 amide bonds. The molecular weight excluding hydrogens is 364 g/mol. The quantitative estimate of drug-likeness (QED) is 0.697. The van der Waals surface area contributed by atoms with E-state index in [4.69, 9.17) is 4.74 Å². The average Bonchev–Trinajstić information content (AvgIpc) is 3.39. The maximum atomic E-state index is 12.6. The fourth-order valence-electron chi connectivity index (χ4n) is 3.63. The number of carbonyl (C=O) groups is 1. The maximum Gasteiger partial charge on any atom is 0.251 e. The van der Waals surface area contributed by atoms with E-state index in [9.17, 15) is 4.79 Å². The number of methoxy groups -OCH3 is 1. The lowest BCUT2D eigenvalue weighted by Gasteiger charge is -2.16. The second-order valence-electron chi connectivity index (χ2n) is 7.57. The Balaban J connectivity index is 1.39. The Bertz CT molecular complexity index is 1010. The Hall–Kier alpha value is -3.28. The van der Waals surface area contributed by atoms with Crippen LogP contribution in [0.5, 0.6) is 5.75 Å². The monoisotopic (exact) mass is 390 g/mol. The number of benzene rings is 2. The van der Waals surface area contributed by atoms with Gasteiger partial charge in [0.05, 0.1) is 12.8 Å². The molecule has 2 N–H and O–H groups in total. The summed E-state index contributed by atoms with van der Waals surface area (Å²) in [4.78, 5) is 14.8. The number of amides is 1. The Morgan fingerprint density at radius 3 is 2.66 bits per heavy atom. The zero-order valence-corrected chi connectivity index (χ0v) is 17.0. The van der Waals surface area contributed by atoms with Crippen molar-refractivity contribution >= 4 is 11.7 Å². The number of aryl methyl sites for hydroxylation is 2. The van der Waals surface area contributed by atoms with Crippen molar-refractivity contribution in [2.75, 3.05) is 25.1 Å². The molecule has 1 aliphatic heterocycles. The number of hydrogen-bond donors (Lipinski definition) is 2. The molecule has 0 saturated carbocycles. The van der Waals surface area contributed by atoms with E-state index in [0.29, 0.717) is 5.56 Å². The van der Waals surface area contributed by atoms with E-state index in [1.54, 1.807) is 7.11 Å². The molecule has 6 nitrogen and oxygen atoms in total. The van der Waals surface area contributed by atoms with Crippen molar-refractivity contribution in [3.8, 4) is 17.0 Å². The summed E-state index contributed by atoms with van der Waals surface area (Å²) in [5, 5.41) is 10.7. The number of carbonyl (C=O) groups excluding carboxylic acids is 1. The summed E-state index contributed by atoms with van der Waals surface area (Å²) < 4.78 is 5.21. The Labute approximate surface area is 170 Å². The van der Waals surface area contributed by atoms with Gasteiger partial charge in [0, 0.05) is 30.8 Å². The summed E-state index contributed by atoms with van der Waals surface area (Å²) in [5.41, 5.74) is 5.06. The van der Waals surface area contributed by atoms with Gasteiger partial charge in [-0.15, -0.1) is 0 Å². The van der Waals surface area contributed by atoms with Gasteiger partial charge >= 0.3 is 0 Å². The van der Waals surface area contributed by atoms with Gasteiger partial charge in [-0.3, -0.25) is 9.89 Å². The number of H-pyrrole nitrogens is 1. The van der Waals surface area contributed by atoms with Gasteiger partial charge in [-0.05, 0) is 73.4 Å². The van der Waals surface area contributed by atoms with E-state index in [-0.39, 0.29) is 11.9 Å². The summed E-state index contributed by atoms with van der Waals surface area (Å²) in [6, 6.07) is 15.9. The highest BCUT2D eigenvalue weighted by molar-refractivity contribution is 5.94. The molecule has 1 aromatic heterocycles. The topological polar surface area (TPSA) is 70.2 Å². The molecule has 0 bridgehead atoms. The third-order valence-electron chi connectivity index (χ3n) is 5.58. The van der Waals surface area contributed by atoms with Gasteiger partial charge in [-0.25, -0.2) is 0 Å². The molecule has 1 fully saturated rings. The first-order valence-electron chi connectivity index (χ1n) is 9.86. The third-order valence-corrected chi connectivity index (χ3v) is 5.58. The predicted octanol–water partition coefficient (Wildman–Crippen LogP) is 3.71. The number of aromatic amines is 1. The first-order valence-corrected chi connectivity index (χ1v) is 9.86. The van der Waals surface area contributed by atoms with Crippen LogP contribution in [-0.2, 0) is 0 Å². The van der Waals surface area contributed by atoms with Gasteiger partial charge < -0.3 is 15.0 Å². The van der Waals surface area contributed by atoms with Crippen molar-refractivity contribution in [1.29, 1.82) is 0 Å². The first kappa shape index (κ1) is 19.1. The second-order valence-corrected chi connectivity index (χ2v) is 7.57. The van der Waals surface area contributed by atoms with Crippen LogP contribution < -0.4 is 15.0 Å².